The average Bonchev–Trinajstić information content (AvgIpc) is 2.53. The van der Waals surface area contributed by atoms with E-state index >= 15 is 0 Å². The molecule has 2 rings (SSSR count). The molecule has 0 bridgehead atoms. The Morgan fingerprint density at radius 1 is 0.810 bits per heavy atom. The van der Waals surface area contributed by atoms with Gasteiger partial charge >= 0.3 is 0 Å². The molecule has 0 amide bonds. The van der Waals surface area contributed by atoms with Crippen molar-refractivity contribution in [3.05, 3.63) is 0 Å². The minimum Gasteiger partial charge on any atom is -0.354 e. The molecular weight excluding hydrogens is 258 g/mol. The van der Waals surface area contributed by atoms with E-state index < -0.39 is 0 Å². The van der Waals surface area contributed by atoms with Crippen LogP contribution in [-0.2, 0) is 0 Å². The summed E-state index contributed by atoms with van der Waals surface area (Å²) in [6, 6.07) is 1.31. The fourth-order valence-corrected chi connectivity index (χ4v) is 3.57. The number of rotatable bonds is 6. The molecule has 0 atom stereocenters. The van der Waals surface area contributed by atoms with Gasteiger partial charge in [-0.1, -0.05) is 58.3 Å². The number of nitrogens with one attached hydrogen (secondary N) is 2. The highest BCUT2D eigenvalue weighted by molar-refractivity contribution is 5.80. The number of guanidine groups is 1. The van der Waals surface area contributed by atoms with E-state index in [1.807, 2.05) is 0 Å². The molecule has 2 N–H and O–H groups in total. The summed E-state index contributed by atoms with van der Waals surface area (Å²) in [5, 5.41) is 7.44. The van der Waals surface area contributed by atoms with Crippen molar-refractivity contribution in [1.29, 1.82) is 0 Å². The zero-order valence-electron chi connectivity index (χ0n) is 14.0. The molecule has 0 aromatic heterocycles. The second kappa shape index (κ2) is 10.1. The summed E-state index contributed by atoms with van der Waals surface area (Å²) in [6.07, 6.45) is 17.4. The van der Waals surface area contributed by atoms with E-state index in [1.165, 1.54) is 83.5 Å². The largest absolute Gasteiger partial charge is 0.354 e. The van der Waals surface area contributed by atoms with Gasteiger partial charge in [-0.05, 0) is 32.1 Å². The summed E-state index contributed by atoms with van der Waals surface area (Å²) in [7, 11) is 0. The van der Waals surface area contributed by atoms with Crippen molar-refractivity contribution in [2.45, 2.75) is 102 Å². The summed E-state index contributed by atoms with van der Waals surface area (Å²) in [5.41, 5.74) is 0. The maximum atomic E-state index is 4.84. The lowest BCUT2D eigenvalue weighted by Crippen LogP contribution is -2.48. The van der Waals surface area contributed by atoms with E-state index in [4.69, 9.17) is 4.99 Å². The molecule has 0 aliphatic heterocycles. The SMILES string of the molecule is CCCCCN=C(NC1CCCCC1)NC1CCCCC1. The van der Waals surface area contributed by atoms with E-state index in [-0.39, 0.29) is 0 Å². The van der Waals surface area contributed by atoms with Crippen LogP contribution in [0.1, 0.15) is 90.4 Å². The van der Waals surface area contributed by atoms with Crippen LogP contribution in [0.5, 0.6) is 0 Å². The molecule has 0 aromatic rings. The highest BCUT2D eigenvalue weighted by atomic mass is 15.2. The lowest BCUT2D eigenvalue weighted by molar-refractivity contribution is 0.388. The van der Waals surface area contributed by atoms with Crippen molar-refractivity contribution >= 4 is 5.96 Å². The molecule has 2 saturated carbocycles. The zero-order valence-corrected chi connectivity index (χ0v) is 14.0. The molecule has 0 aromatic carbocycles. The van der Waals surface area contributed by atoms with Crippen LogP contribution < -0.4 is 10.6 Å². The molecule has 2 fully saturated rings. The van der Waals surface area contributed by atoms with Crippen molar-refractivity contribution in [2.75, 3.05) is 6.54 Å². The van der Waals surface area contributed by atoms with Gasteiger partial charge in [-0.15, -0.1) is 0 Å². The van der Waals surface area contributed by atoms with Crippen LogP contribution in [-0.4, -0.2) is 24.6 Å². The maximum absolute atomic E-state index is 4.84. The van der Waals surface area contributed by atoms with Crippen molar-refractivity contribution in [3.8, 4) is 0 Å². The standard InChI is InChI=1S/C18H35N3/c1-2-3-10-15-19-18(20-16-11-6-4-7-12-16)21-17-13-8-5-9-14-17/h16-17H,2-15H2,1H3,(H2,19,20,21). The zero-order chi connectivity index (χ0) is 14.8. The maximum Gasteiger partial charge on any atom is 0.191 e. The van der Waals surface area contributed by atoms with E-state index in [1.54, 1.807) is 0 Å². The quantitative estimate of drug-likeness (QED) is 0.433. The highest BCUT2D eigenvalue weighted by Gasteiger charge is 2.18. The van der Waals surface area contributed by atoms with Gasteiger partial charge in [0.15, 0.2) is 5.96 Å². The van der Waals surface area contributed by atoms with E-state index in [0.29, 0.717) is 12.1 Å². The summed E-state index contributed by atoms with van der Waals surface area (Å²) in [6.45, 7) is 3.23. The molecule has 3 heteroatoms. The Hall–Kier alpha value is -0.730. The van der Waals surface area contributed by atoms with Gasteiger partial charge in [0.25, 0.3) is 0 Å². The molecule has 0 radical (unpaired) electrons. The lowest BCUT2D eigenvalue weighted by atomic mass is 9.95. The number of hydrogen-bond acceptors (Lipinski definition) is 1. The van der Waals surface area contributed by atoms with E-state index in [0.717, 1.165) is 12.5 Å². The third-order valence-electron chi connectivity index (χ3n) is 4.92. The predicted octanol–water partition coefficient (Wildman–Crippen LogP) is 4.38. The summed E-state index contributed by atoms with van der Waals surface area (Å²) in [4.78, 5) is 4.84. The summed E-state index contributed by atoms with van der Waals surface area (Å²) < 4.78 is 0. The Morgan fingerprint density at radius 3 is 1.81 bits per heavy atom. The number of hydrogen-bond donors (Lipinski definition) is 2. The molecule has 3 nitrogen and oxygen atoms in total. The van der Waals surface area contributed by atoms with Crippen molar-refractivity contribution < 1.29 is 0 Å². The average molecular weight is 293 g/mol. The van der Waals surface area contributed by atoms with Crippen molar-refractivity contribution in [3.63, 3.8) is 0 Å². The van der Waals surface area contributed by atoms with Gasteiger partial charge in [0, 0.05) is 18.6 Å². The Morgan fingerprint density at radius 2 is 1.33 bits per heavy atom. The number of unbranched alkanes of at least 4 members (excludes halogenated alkanes) is 2. The first kappa shape index (κ1) is 16.6. The van der Waals surface area contributed by atoms with Gasteiger partial charge in [0.1, 0.15) is 0 Å². The van der Waals surface area contributed by atoms with Crippen LogP contribution >= 0.6 is 0 Å². The van der Waals surface area contributed by atoms with Crippen LogP contribution in [0.2, 0.25) is 0 Å². The van der Waals surface area contributed by atoms with Gasteiger partial charge in [-0.25, -0.2) is 0 Å². The van der Waals surface area contributed by atoms with Gasteiger partial charge in [0.2, 0.25) is 0 Å². The summed E-state index contributed by atoms with van der Waals surface area (Å²) in [5.74, 6) is 1.10. The Balaban J connectivity index is 1.81. The third-order valence-corrected chi connectivity index (χ3v) is 4.92. The Kier molecular flexibility index (Phi) is 7.98. The fourth-order valence-electron chi connectivity index (χ4n) is 3.57. The molecular formula is C18H35N3. The van der Waals surface area contributed by atoms with E-state index in [2.05, 4.69) is 17.6 Å². The molecule has 2 aliphatic carbocycles. The lowest BCUT2D eigenvalue weighted by Gasteiger charge is -2.29. The molecule has 2 aliphatic rings. The minimum absolute atomic E-state index is 0.653. The van der Waals surface area contributed by atoms with Crippen LogP contribution in [0.3, 0.4) is 0 Å². The molecule has 0 saturated heterocycles. The van der Waals surface area contributed by atoms with Gasteiger partial charge in [0.05, 0.1) is 0 Å². The smallest absolute Gasteiger partial charge is 0.191 e. The molecule has 0 unspecified atom stereocenters. The van der Waals surface area contributed by atoms with E-state index in [9.17, 15) is 0 Å². The number of nitrogens with zero attached hydrogens (tertiary/aromatic N) is 1. The summed E-state index contributed by atoms with van der Waals surface area (Å²) >= 11 is 0. The second-order valence-corrected chi connectivity index (χ2v) is 6.90. The normalized spacial score (nSPS) is 21.0. The topological polar surface area (TPSA) is 36.4 Å². The second-order valence-electron chi connectivity index (χ2n) is 6.90. The molecule has 0 spiro atoms. The predicted molar refractivity (Wildman–Crippen MR) is 91.8 cm³/mol. The van der Waals surface area contributed by atoms with Gasteiger partial charge in [-0.3, -0.25) is 4.99 Å². The van der Waals surface area contributed by atoms with Gasteiger partial charge in [-0.2, -0.15) is 0 Å². The fraction of sp³-hybridized carbons (Fsp3) is 0.944. The van der Waals surface area contributed by atoms with Crippen molar-refractivity contribution in [1.82, 2.24) is 10.6 Å². The third kappa shape index (κ3) is 6.71. The first-order chi connectivity index (χ1) is 10.4. The molecule has 21 heavy (non-hydrogen) atoms. The highest BCUT2D eigenvalue weighted by Crippen LogP contribution is 2.19. The van der Waals surface area contributed by atoms with Crippen LogP contribution in [0.25, 0.3) is 0 Å². The monoisotopic (exact) mass is 293 g/mol. The molecule has 122 valence electrons. The van der Waals surface area contributed by atoms with Gasteiger partial charge < -0.3 is 10.6 Å². The number of aliphatic imine (C=N–C) groups is 1. The first-order valence-corrected chi connectivity index (χ1v) is 9.46. The van der Waals surface area contributed by atoms with Crippen LogP contribution in [0.4, 0.5) is 0 Å². The Bertz CT molecular complexity index is 267. The van der Waals surface area contributed by atoms with Crippen LogP contribution in [0, 0.1) is 0 Å². The molecule has 0 heterocycles. The van der Waals surface area contributed by atoms with Crippen molar-refractivity contribution in [2.24, 2.45) is 4.99 Å². The first-order valence-electron chi connectivity index (χ1n) is 9.46. The Labute approximate surface area is 131 Å². The van der Waals surface area contributed by atoms with Crippen LogP contribution in [0.15, 0.2) is 4.99 Å². The minimum atomic E-state index is 0.653.